The van der Waals surface area contributed by atoms with Crippen molar-refractivity contribution in [3.05, 3.63) is 94.7 Å². The molecule has 0 fully saturated rings. The second-order valence-electron chi connectivity index (χ2n) is 14.7. The lowest BCUT2D eigenvalue weighted by atomic mass is 9.77. The van der Waals surface area contributed by atoms with E-state index in [-0.39, 0.29) is 37.6 Å². The first kappa shape index (κ1) is 43.6. The number of benzene rings is 2. The van der Waals surface area contributed by atoms with E-state index in [2.05, 4.69) is 37.5 Å². The first-order valence-corrected chi connectivity index (χ1v) is 21.0. The van der Waals surface area contributed by atoms with E-state index < -0.39 is 42.3 Å². The first-order valence-electron chi connectivity index (χ1n) is 18.0. The van der Waals surface area contributed by atoms with Gasteiger partial charge in [0.1, 0.15) is 34.9 Å². The van der Waals surface area contributed by atoms with Gasteiger partial charge in [-0.1, -0.05) is 39.0 Å². The van der Waals surface area contributed by atoms with Crippen molar-refractivity contribution >= 4 is 38.0 Å². The lowest BCUT2D eigenvalue weighted by molar-refractivity contribution is -0.137. The van der Waals surface area contributed by atoms with E-state index in [1.54, 1.807) is 37.3 Å². The summed E-state index contributed by atoms with van der Waals surface area (Å²) in [5, 5.41) is 10.3. The van der Waals surface area contributed by atoms with Crippen molar-refractivity contribution in [2.75, 3.05) is 57.7 Å². The Kier molecular flexibility index (Phi) is 14.4. The fraction of sp³-hybridized carbons (Fsp3) is 0.450. The highest BCUT2D eigenvalue weighted by molar-refractivity contribution is 7.86. The molecule has 1 N–H and O–H groups in total. The van der Waals surface area contributed by atoms with Crippen molar-refractivity contribution in [2.24, 2.45) is 0 Å². The number of aliphatic carboxylic acids is 1. The van der Waals surface area contributed by atoms with Crippen molar-refractivity contribution in [1.29, 1.82) is 0 Å². The molecule has 0 aromatic heterocycles. The number of anilines is 1. The Bertz CT molecular complexity index is 2190. The van der Waals surface area contributed by atoms with E-state index in [9.17, 15) is 35.8 Å². The van der Waals surface area contributed by atoms with Gasteiger partial charge in [0.2, 0.25) is 5.36 Å². The van der Waals surface area contributed by atoms with E-state index in [1.807, 2.05) is 31.2 Å². The van der Waals surface area contributed by atoms with E-state index in [4.69, 9.17) is 13.9 Å². The summed E-state index contributed by atoms with van der Waals surface area (Å²) in [5.74, 6) is -0.276. The largest absolute Gasteiger partial charge is 0.748 e. The number of methoxy groups -OCH3 is 2. The van der Waals surface area contributed by atoms with Crippen LogP contribution in [0.15, 0.2) is 81.8 Å². The number of fused-ring (bicyclic) bond motifs is 2. The van der Waals surface area contributed by atoms with Gasteiger partial charge >= 0.3 is 5.97 Å². The van der Waals surface area contributed by atoms with Crippen LogP contribution in [0.25, 0.3) is 17.4 Å². The average molecular weight is 800 g/mol. The molecule has 1 aromatic rings. The molecular weight excluding hydrogens is 749 g/mol. The molecule has 0 bridgehead atoms. The molecule has 0 saturated heterocycles. The van der Waals surface area contributed by atoms with E-state index >= 15 is 0 Å². The van der Waals surface area contributed by atoms with Gasteiger partial charge in [0.25, 0.3) is 0 Å². The van der Waals surface area contributed by atoms with Gasteiger partial charge in [-0.2, -0.15) is 0 Å². The third-order valence-corrected chi connectivity index (χ3v) is 11.3. The van der Waals surface area contributed by atoms with Gasteiger partial charge in [0, 0.05) is 61.4 Å². The second-order valence-corrected chi connectivity index (χ2v) is 17.6. The molecule has 0 amide bonds. The standard InChI is InChI=1S/C40H52N2O11S2/c1-39(2,3)33-27-30(53-36-26-29(15-17-32(33)36)41(21-23-51-5)22-24-52-6)12-8-7-9-13-37-40(4,19-10-14-38(43)44)34-28-31(55(48,49)50)16-18-35(34)42(37)20-11-25-54(45,46)47/h7-9,12-13,15-18,26-28H,10-11,14,19-25H2,1-6H3,(H2-,43,44,45,46,47,48,49,50)/p-1. The number of carboxylic acid groups (broad SMARTS) is 1. The van der Waals surface area contributed by atoms with Crippen LogP contribution >= 0.6 is 0 Å². The third-order valence-electron chi connectivity index (χ3n) is 9.65. The van der Waals surface area contributed by atoms with Crippen LogP contribution in [-0.4, -0.2) is 89.8 Å². The van der Waals surface area contributed by atoms with Crippen LogP contribution in [0, 0.1) is 0 Å². The summed E-state index contributed by atoms with van der Waals surface area (Å²) in [6.45, 7) is 10.8. The number of hydrogen-bond acceptors (Lipinski definition) is 11. The van der Waals surface area contributed by atoms with Crippen molar-refractivity contribution in [2.45, 2.75) is 69.1 Å². The fourth-order valence-corrected chi connectivity index (χ4v) is 7.89. The molecular formula is C40H51N2O11S2-. The highest BCUT2D eigenvalue weighted by Crippen LogP contribution is 2.51. The van der Waals surface area contributed by atoms with Gasteiger partial charge in [0.05, 0.1) is 21.1 Å². The average Bonchev–Trinajstić information content (AvgIpc) is 3.32. The van der Waals surface area contributed by atoms with E-state index in [0.29, 0.717) is 54.8 Å². The molecule has 2 aliphatic heterocycles. The maximum Gasteiger partial charge on any atom is 0.303 e. The van der Waals surface area contributed by atoms with Gasteiger partial charge in [-0.15, -0.1) is 0 Å². The summed E-state index contributed by atoms with van der Waals surface area (Å²) in [5.41, 5.74) is 2.59. The van der Waals surface area contributed by atoms with Gasteiger partial charge in [0.15, 0.2) is 13.1 Å². The Morgan fingerprint density at radius 1 is 0.964 bits per heavy atom. The molecule has 0 spiro atoms. The van der Waals surface area contributed by atoms with E-state index in [0.717, 1.165) is 16.5 Å². The molecule has 55 heavy (non-hydrogen) atoms. The number of allylic oxidation sites excluding steroid dienone is 5. The van der Waals surface area contributed by atoms with Crippen LogP contribution in [-0.2, 0) is 45.3 Å². The quantitative estimate of drug-likeness (QED) is 0.102. The lowest BCUT2D eigenvalue weighted by Crippen LogP contribution is -2.35. The molecule has 1 unspecified atom stereocenters. The monoisotopic (exact) mass is 799 g/mol. The molecule has 1 aromatic carbocycles. The van der Waals surface area contributed by atoms with Crippen molar-refractivity contribution < 1.29 is 49.7 Å². The molecule has 13 nitrogen and oxygen atoms in total. The third kappa shape index (κ3) is 11.5. The smallest absolute Gasteiger partial charge is 0.303 e. The van der Waals surface area contributed by atoms with Gasteiger partial charge < -0.3 is 33.0 Å². The minimum atomic E-state index is -4.82. The lowest BCUT2D eigenvalue weighted by Gasteiger charge is -2.30. The number of nitrogens with zero attached hydrogens (tertiary/aromatic N) is 2. The Morgan fingerprint density at radius 3 is 2.25 bits per heavy atom. The maximum absolute atomic E-state index is 12.0. The van der Waals surface area contributed by atoms with Gasteiger partial charge in [-0.05, 0) is 85.2 Å². The summed E-state index contributed by atoms with van der Waals surface area (Å²) in [6.07, 6.45) is 9.34. The molecule has 1 aliphatic carbocycles. The fourth-order valence-electron chi connectivity index (χ4n) is 6.91. The zero-order valence-electron chi connectivity index (χ0n) is 32.2. The number of hydrogen-bond donors (Lipinski definition) is 1. The Labute approximate surface area is 324 Å². The van der Waals surface area contributed by atoms with Crippen molar-refractivity contribution in [3.63, 3.8) is 0 Å². The minimum absolute atomic E-state index is 0.0170. The predicted molar refractivity (Wildman–Crippen MR) is 209 cm³/mol. The molecule has 0 radical (unpaired) electrons. The number of carboxylic acids is 1. The number of rotatable bonds is 18. The van der Waals surface area contributed by atoms with Gasteiger partial charge in [-0.25, -0.2) is 21.4 Å². The number of ether oxygens (including phenoxy) is 2. The molecule has 1 atom stereocenters. The number of carbonyl (C=O) groups is 1. The van der Waals surface area contributed by atoms with Gasteiger partial charge in [-0.3, -0.25) is 4.79 Å². The van der Waals surface area contributed by atoms with Crippen LogP contribution in [0.3, 0.4) is 0 Å². The van der Waals surface area contributed by atoms with Crippen LogP contribution < -0.4 is 14.8 Å². The molecule has 15 heteroatoms. The zero-order chi connectivity index (χ0) is 40.6. The highest BCUT2D eigenvalue weighted by atomic mass is 32.2. The summed E-state index contributed by atoms with van der Waals surface area (Å²) in [6, 6.07) is 12.2. The zero-order valence-corrected chi connectivity index (χ0v) is 33.9. The molecule has 2 heterocycles. The van der Waals surface area contributed by atoms with Crippen LogP contribution in [0.5, 0.6) is 0 Å². The Hall–Kier alpha value is -4.12. The first-order chi connectivity index (χ1) is 25.8. The second kappa shape index (κ2) is 18.2. The Balaban J connectivity index is 1.78. The topological polar surface area (TPSA) is 190 Å². The normalized spacial score (nSPS) is 17.2. The highest BCUT2D eigenvalue weighted by Gasteiger charge is 2.43. The maximum atomic E-state index is 12.0. The molecule has 300 valence electrons. The molecule has 4 rings (SSSR count). The Morgan fingerprint density at radius 2 is 1.65 bits per heavy atom. The predicted octanol–water partition coefficient (Wildman–Crippen LogP) is 5.07. The summed E-state index contributed by atoms with van der Waals surface area (Å²) >= 11 is 0. The van der Waals surface area contributed by atoms with Crippen LogP contribution in [0.1, 0.15) is 70.3 Å². The SMILES string of the molecule is COCC[N+](CCOC)=c1ccc2c(C(C)(C)C)cc(/C=C/C=C/C=C3/N(CCCS(=O)(=O)[O-])c4ccc(S(=O)(=O)[O-])cc4C3(C)CCCC(=O)O)oc-2c1. The van der Waals surface area contributed by atoms with Crippen LogP contribution in [0.2, 0.25) is 0 Å². The molecule has 3 aliphatic rings. The summed E-state index contributed by atoms with van der Waals surface area (Å²) in [7, 11) is -5.99. The molecule has 0 saturated carbocycles. The van der Waals surface area contributed by atoms with Crippen molar-refractivity contribution in [3.8, 4) is 11.3 Å². The summed E-state index contributed by atoms with van der Waals surface area (Å²) < 4.78 is 89.7. The van der Waals surface area contributed by atoms with E-state index in [1.165, 1.54) is 18.2 Å². The minimum Gasteiger partial charge on any atom is -0.748 e. The summed E-state index contributed by atoms with van der Waals surface area (Å²) in [4.78, 5) is 12.8. The van der Waals surface area contributed by atoms with Crippen molar-refractivity contribution in [1.82, 2.24) is 4.58 Å². The van der Waals surface area contributed by atoms with Crippen LogP contribution in [0.4, 0.5) is 5.69 Å².